The average molecular weight is 332 g/mol. The minimum Gasteiger partial charge on any atom is -0.333 e. The zero-order valence-corrected chi connectivity index (χ0v) is 13.4. The number of hydrogen-bond acceptors (Lipinski definition) is 3. The number of anilines is 1. The van der Waals surface area contributed by atoms with Crippen molar-refractivity contribution in [2.75, 3.05) is 5.32 Å². The molecule has 1 aromatic heterocycles. The molecule has 4 nitrogen and oxygen atoms in total. The number of imidazole rings is 1. The lowest BCUT2D eigenvalue weighted by atomic mass is 10.3. The minimum absolute atomic E-state index is 0.0901. The van der Waals surface area contributed by atoms with Gasteiger partial charge in [-0.1, -0.05) is 41.6 Å². The summed E-state index contributed by atoms with van der Waals surface area (Å²) in [4.78, 5) is 19.9. The number of amides is 1. The fourth-order valence-electron chi connectivity index (χ4n) is 2.02. The van der Waals surface area contributed by atoms with E-state index in [1.165, 1.54) is 11.8 Å². The van der Waals surface area contributed by atoms with Crippen LogP contribution in [0, 0.1) is 0 Å². The van der Waals surface area contributed by atoms with Gasteiger partial charge in [0.05, 0.1) is 16.3 Å². The molecule has 3 aromatic rings. The molecule has 0 unspecified atom stereocenters. The van der Waals surface area contributed by atoms with E-state index in [1.54, 1.807) is 18.2 Å². The maximum absolute atomic E-state index is 12.2. The van der Waals surface area contributed by atoms with Gasteiger partial charge in [0.1, 0.15) is 0 Å². The molecule has 22 heavy (non-hydrogen) atoms. The Hall–Kier alpha value is -1.98. The standard InChI is InChI=1S/C16H14ClN3OS/c1-10(15(21)18-12-6-4-5-11(17)9-12)22-16-19-13-7-2-3-8-14(13)20-16/h2-10H,1H3,(H,18,21)(H,19,20)/t10-/m0/s1. The normalized spacial score (nSPS) is 12.3. The molecule has 0 radical (unpaired) electrons. The van der Waals surface area contributed by atoms with E-state index in [-0.39, 0.29) is 11.2 Å². The van der Waals surface area contributed by atoms with Gasteiger partial charge in [0, 0.05) is 10.7 Å². The molecule has 1 heterocycles. The van der Waals surface area contributed by atoms with Crippen LogP contribution in [0.15, 0.2) is 53.7 Å². The smallest absolute Gasteiger partial charge is 0.237 e. The summed E-state index contributed by atoms with van der Waals surface area (Å²) >= 11 is 7.30. The highest BCUT2D eigenvalue weighted by Crippen LogP contribution is 2.24. The second-order valence-corrected chi connectivity index (χ2v) is 6.58. The molecule has 0 aliphatic rings. The summed E-state index contributed by atoms with van der Waals surface area (Å²) in [7, 11) is 0. The Morgan fingerprint density at radius 2 is 2.09 bits per heavy atom. The van der Waals surface area contributed by atoms with Crippen molar-refractivity contribution < 1.29 is 4.79 Å². The predicted molar refractivity (Wildman–Crippen MR) is 91.5 cm³/mol. The van der Waals surface area contributed by atoms with Crippen molar-refractivity contribution in [3.63, 3.8) is 0 Å². The Kier molecular flexibility index (Phi) is 4.36. The molecule has 112 valence electrons. The van der Waals surface area contributed by atoms with Crippen LogP contribution >= 0.6 is 23.4 Å². The summed E-state index contributed by atoms with van der Waals surface area (Å²) in [5.41, 5.74) is 2.55. The average Bonchev–Trinajstić information content (AvgIpc) is 2.89. The van der Waals surface area contributed by atoms with Crippen LogP contribution in [0.3, 0.4) is 0 Å². The number of carbonyl (C=O) groups is 1. The van der Waals surface area contributed by atoms with E-state index in [4.69, 9.17) is 11.6 Å². The molecule has 0 saturated heterocycles. The Morgan fingerprint density at radius 3 is 2.86 bits per heavy atom. The van der Waals surface area contributed by atoms with E-state index in [1.807, 2.05) is 37.3 Å². The molecule has 6 heteroatoms. The summed E-state index contributed by atoms with van der Waals surface area (Å²) < 4.78 is 0. The quantitative estimate of drug-likeness (QED) is 0.699. The lowest BCUT2D eigenvalue weighted by molar-refractivity contribution is -0.115. The van der Waals surface area contributed by atoms with Gasteiger partial charge in [-0.15, -0.1) is 0 Å². The number of fused-ring (bicyclic) bond motifs is 1. The maximum Gasteiger partial charge on any atom is 0.237 e. The molecule has 3 rings (SSSR count). The monoisotopic (exact) mass is 331 g/mol. The third kappa shape index (κ3) is 3.43. The van der Waals surface area contributed by atoms with Gasteiger partial charge in [-0.2, -0.15) is 0 Å². The largest absolute Gasteiger partial charge is 0.333 e. The van der Waals surface area contributed by atoms with Crippen LogP contribution in [0.25, 0.3) is 11.0 Å². The van der Waals surface area contributed by atoms with Gasteiger partial charge in [-0.3, -0.25) is 4.79 Å². The summed E-state index contributed by atoms with van der Waals surface area (Å²) in [6.07, 6.45) is 0. The van der Waals surface area contributed by atoms with E-state index in [0.29, 0.717) is 10.7 Å². The van der Waals surface area contributed by atoms with Gasteiger partial charge in [-0.05, 0) is 37.3 Å². The Balaban J connectivity index is 1.68. The van der Waals surface area contributed by atoms with Crippen LogP contribution < -0.4 is 5.32 Å². The number of carbonyl (C=O) groups excluding carboxylic acids is 1. The number of H-pyrrole nitrogens is 1. The number of para-hydroxylation sites is 2. The van der Waals surface area contributed by atoms with Gasteiger partial charge < -0.3 is 10.3 Å². The molecule has 2 N–H and O–H groups in total. The van der Waals surface area contributed by atoms with Gasteiger partial charge in [0.2, 0.25) is 5.91 Å². The molecule has 0 bridgehead atoms. The van der Waals surface area contributed by atoms with E-state index < -0.39 is 0 Å². The maximum atomic E-state index is 12.2. The number of nitrogens with zero attached hydrogens (tertiary/aromatic N) is 1. The molecule has 0 aliphatic carbocycles. The molecule has 1 atom stereocenters. The summed E-state index contributed by atoms with van der Waals surface area (Å²) in [5.74, 6) is -0.0901. The first-order valence-corrected chi connectivity index (χ1v) is 8.05. The first kappa shape index (κ1) is 14.9. The number of hydrogen-bond donors (Lipinski definition) is 2. The predicted octanol–water partition coefficient (Wildman–Crippen LogP) is 4.34. The van der Waals surface area contributed by atoms with E-state index in [9.17, 15) is 4.79 Å². The first-order chi connectivity index (χ1) is 10.6. The SMILES string of the molecule is C[C@H](Sc1nc2ccccc2[nH]1)C(=O)Nc1cccc(Cl)c1. The van der Waals surface area contributed by atoms with Crippen LogP contribution in [-0.4, -0.2) is 21.1 Å². The van der Waals surface area contributed by atoms with Crippen molar-refractivity contribution in [1.82, 2.24) is 9.97 Å². The van der Waals surface area contributed by atoms with Crippen molar-refractivity contribution in [3.8, 4) is 0 Å². The third-order valence-corrected chi connectivity index (χ3v) is 4.34. The highest BCUT2D eigenvalue weighted by Gasteiger charge is 2.16. The number of aromatic amines is 1. The van der Waals surface area contributed by atoms with Gasteiger partial charge in [0.25, 0.3) is 0 Å². The highest BCUT2D eigenvalue weighted by atomic mass is 35.5. The van der Waals surface area contributed by atoms with Crippen LogP contribution in [0.4, 0.5) is 5.69 Å². The van der Waals surface area contributed by atoms with Crippen LogP contribution in [0.5, 0.6) is 0 Å². The van der Waals surface area contributed by atoms with Gasteiger partial charge >= 0.3 is 0 Å². The summed E-state index contributed by atoms with van der Waals surface area (Å²) in [5, 5.41) is 3.90. The van der Waals surface area contributed by atoms with Gasteiger partial charge in [0.15, 0.2) is 5.16 Å². The fraction of sp³-hybridized carbons (Fsp3) is 0.125. The van der Waals surface area contributed by atoms with Gasteiger partial charge in [-0.25, -0.2) is 4.98 Å². The summed E-state index contributed by atoms with van der Waals surface area (Å²) in [6.45, 7) is 1.84. The second-order valence-electron chi connectivity index (χ2n) is 4.82. The van der Waals surface area contributed by atoms with Crippen molar-refractivity contribution in [2.45, 2.75) is 17.3 Å². The molecule has 2 aromatic carbocycles. The zero-order chi connectivity index (χ0) is 15.5. The molecule has 0 spiro atoms. The molecule has 0 aliphatic heterocycles. The summed E-state index contributed by atoms with van der Waals surface area (Å²) in [6, 6.07) is 14.9. The zero-order valence-electron chi connectivity index (χ0n) is 11.8. The van der Waals surface area contributed by atoms with E-state index >= 15 is 0 Å². The number of benzene rings is 2. The fourth-order valence-corrected chi connectivity index (χ4v) is 3.03. The van der Waals surface area contributed by atoms with E-state index in [2.05, 4.69) is 15.3 Å². The Morgan fingerprint density at radius 1 is 1.27 bits per heavy atom. The van der Waals surface area contributed by atoms with Crippen LogP contribution in [0.1, 0.15) is 6.92 Å². The van der Waals surface area contributed by atoms with Crippen LogP contribution in [0.2, 0.25) is 5.02 Å². The molecule has 0 saturated carbocycles. The lowest BCUT2D eigenvalue weighted by Crippen LogP contribution is -2.22. The number of thioether (sulfide) groups is 1. The van der Waals surface area contributed by atoms with Crippen molar-refractivity contribution in [2.24, 2.45) is 0 Å². The minimum atomic E-state index is -0.278. The molecule has 1 amide bonds. The highest BCUT2D eigenvalue weighted by molar-refractivity contribution is 8.00. The second kappa shape index (κ2) is 6.42. The molecular formula is C16H14ClN3OS. The first-order valence-electron chi connectivity index (χ1n) is 6.79. The van der Waals surface area contributed by atoms with Crippen molar-refractivity contribution in [1.29, 1.82) is 0 Å². The third-order valence-electron chi connectivity index (χ3n) is 3.12. The number of aromatic nitrogens is 2. The van der Waals surface area contributed by atoms with Crippen molar-refractivity contribution in [3.05, 3.63) is 53.6 Å². The van der Waals surface area contributed by atoms with Crippen molar-refractivity contribution >= 4 is 46.0 Å². The van der Waals surface area contributed by atoms with Crippen LogP contribution in [-0.2, 0) is 4.79 Å². The molecule has 0 fully saturated rings. The Labute approximate surface area is 137 Å². The number of halogens is 1. The number of nitrogens with one attached hydrogen (secondary N) is 2. The van der Waals surface area contributed by atoms with E-state index in [0.717, 1.165) is 16.2 Å². The Bertz CT molecular complexity index is 785. The lowest BCUT2D eigenvalue weighted by Gasteiger charge is -2.10. The number of rotatable bonds is 4. The topological polar surface area (TPSA) is 57.8 Å². The molecular weight excluding hydrogens is 318 g/mol.